The first-order chi connectivity index (χ1) is 4.74. The van der Waals surface area contributed by atoms with Gasteiger partial charge in [-0.15, -0.1) is 11.3 Å². The number of hydrogen-bond acceptors (Lipinski definition) is 3. The van der Waals surface area contributed by atoms with E-state index in [4.69, 9.17) is 5.02 Å². The van der Waals surface area contributed by atoms with Crippen molar-refractivity contribution in [2.75, 3.05) is 7.11 Å². The third-order valence-corrected chi connectivity index (χ3v) is 1.97. The zero-order valence-electron chi connectivity index (χ0n) is 5.37. The summed E-state index contributed by atoms with van der Waals surface area (Å²) in [7, 11) is 0.372. The van der Waals surface area contributed by atoms with Gasteiger partial charge in [0.25, 0.3) is 0 Å². The van der Waals surface area contributed by atoms with Crippen LogP contribution in [-0.2, 0) is 4.65 Å². The van der Waals surface area contributed by atoms with Gasteiger partial charge in [0.15, 0.2) is 5.13 Å². The zero-order chi connectivity index (χ0) is 7.56. The lowest BCUT2D eigenvalue weighted by atomic mass is 9.89. The van der Waals surface area contributed by atoms with Crippen LogP contribution in [0.1, 0.15) is 0 Å². The second kappa shape index (κ2) is 3.14. The second-order valence-corrected chi connectivity index (χ2v) is 2.80. The summed E-state index contributed by atoms with van der Waals surface area (Å²) in [5.74, 6) is 0. The molecule has 0 aromatic carbocycles. The fraction of sp³-hybridized carbons (Fsp3) is 0.200. The quantitative estimate of drug-likeness (QED) is 0.627. The molecule has 1 aromatic rings. The van der Waals surface area contributed by atoms with Gasteiger partial charge in [0.2, 0.25) is 0 Å². The summed E-state index contributed by atoms with van der Waals surface area (Å²) in [5.41, 5.74) is 0. The van der Waals surface area contributed by atoms with E-state index in [-0.39, 0.29) is 5.13 Å². The molecule has 0 aliphatic heterocycles. The Hall–Kier alpha value is -0.385. The van der Waals surface area contributed by atoms with E-state index in [2.05, 4.69) is 4.65 Å². The van der Waals surface area contributed by atoms with Gasteiger partial charge in [-0.3, -0.25) is 0 Å². The van der Waals surface area contributed by atoms with Gasteiger partial charge in [-0.25, -0.2) is 0 Å². The van der Waals surface area contributed by atoms with Gasteiger partial charge < -0.3 is 9.68 Å². The highest BCUT2D eigenvalue weighted by atomic mass is 32.1. The van der Waals surface area contributed by atoms with Crippen molar-refractivity contribution in [3.05, 3.63) is 17.3 Å². The molecule has 1 heterocycles. The summed E-state index contributed by atoms with van der Waals surface area (Å²) in [4.78, 5) is 0. The van der Waals surface area contributed by atoms with E-state index in [9.17, 15) is 4.39 Å². The predicted molar refractivity (Wildman–Crippen MR) is 38.9 cm³/mol. The Morgan fingerprint density at radius 1 is 1.70 bits per heavy atom. The van der Waals surface area contributed by atoms with E-state index in [0.717, 1.165) is 11.3 Å². The van der Waals surface area contributed by atoms with Crippen molar-refractivity contribution in [1.29, 1.82) is 0 Å². The van der Waals surface area contributed by atoms with Crippen molar-refractivity contribution >= 4 is 23.2 Å². The largest absolute Gasteiger partial charge is 0.501 e. The molecule has 0 aliphatic carbocycles. The highest BCUT2D eigenvalue weighted by molar-refractivity contribution is 7.20. The second-order valence-electron chi connectivity index (χ2n) is 1.73. The zero-order valence-corrected chi connectivity index (χ0v) is 6.19. The topological polar surface area (TPSA) is 29.5 Å². The normalized spacial score (nSPS) is 9.90. The molecule has 0 spiro atoms. The molecular weight excluding hydrogens is 154 g/mol. The maximum absolute atomic E-state index is 12.3. The molecule has 0 atom stereocenters. The lowest BCUT2D eigenvalue weighted by molar-refractivity contribution is 0.342. The Kier molecular flexibility index (Phi) is 2.42. The van der Waals surface area contributed by atoms with Crippen LogP contribution in [-0.4, -0.2) is 19.3 Å². The van der Waals surface area contributed by atoms with Crippen molar-refractivity contribution in [2.24, 2.45) is 0 Å². The maximum atomic E-state index is 12.3. The third-order valence-electron chi connectivity index (χ3n) is 1.06. The van der Waals surface area contributed by atoms with E-state index < -0.39 is 7.12 Å². The number of thiophene rings is 1. The average Bonchev–Trinajstić information content (AvgIpc) is 2.34. The minimum Gasteiger partial charge on any atom is -0.423 e. The van der Waals surface area contributed by atoms with Crippen LogP contribution in [0.25, 0.3) is 0 Å². The fourth-order valence-electron chi connectivity index (χ4n) is 0.577. The van der Waals surface area contributed by atoms with E-state index in [1.54, 1.807) is 0 Å². The van der Waals surface area contributed by atoms with Crippen LogP contribution in [0.5, 0.6) is 0 Å². The number of hydrogen-bond donors (Lipinski definition) is 1. The molecule has 0 fully saturated rings. The molecule has 1 aromatic heterocycles. The molecule has 54 valence electrons. The maximum Gasteiger partial charge on any atom is 0.501 e. The minimum absolute atomic E-state index is 0.314. The highest BCUT2D eigenvalue weighted by Gasteiger charge is 2.16. The molecular formula is C5H6BFO2S. The molecule has 0 bridgehead atoms. The van der Waals surface area contributed by atoms with Gasteiger partial charge in [0.05, 0.1) is 0 Å². The number of halogens is 1. The Morgan fingerprint density at radius 2 is 2.40 bits per heavy atom. The Balaban J connectivity index is 2.74. The van der Waals surface area contributed by atoms with Crippen LogP contribution in [0.15, 0.2) is 12.1 Å². The van der Waals surface area contributed by atoms with Gasteiger partial charge in [0.1, 0.15) is 0 Å². The first-order valence-electron chi connectivity index (χ1n) is 2.70. The van der Waals surface area contributed by atoms with Crippen molar-refractivity contribution < 1.29 is 14.1 Å². The summed E-state index contributed by atoms with van der Waals surface area (Å²) in [6, 6.07) is 2.79. The van der Waals surface area contributed by atoms with Crippen molar-refractivity contribution in [3.8, 4) is 0 Å². The van der Waals surface area contributed by atoms with E-state index in [1.165, 1.54) is 19.2 Å². The van der Waals surface area contributed by atoms with E-state index >= 15 is 0 Å². The van der Waals surface area contributed by atoms with Crippen LogP contribution in [0.4, 0.5) is 4.39 Å². The van der Waals surface area contributed by atoms with Crippen molar-refractivity contribution in [1.82, 2.24) is 0 Å². The lowest BCUT2D eigenvalue weighted by Crippen LogP contribution is -2.29. The molecule has 5 heteroatoms. The molecule has 0 aliphatic rings. The first kappa shape index (κ1) is 7.72. The molecule has 2 nitrogen and oxygen atoms in total. The van der Waals surface area contributed by atoms with Crippen LogP contribution >= 0.6 is 11.3 Å². The Morgan fingerprint density at radius 3 is 2.80 bits per heavy atom. The third kappa shape index (κ3) is 1.56. The summed E-state index contributed by atoms with van der Waals surface area (Å²) in [6.07, 6.45) is 0. The summed E-state index contributed by atoms with van der Waals surface area (Å²) < 4.78 is 17.3. The first-order valence-corrected chi connectivity index (χ1v) is 3.52. The van der Waals surface area contributed by atoms with Crippen LogP contribution in [0, 0.1) is 5.13 Å². The molecule has 0 unspecified atom stereocenters. The standard InChI is InChI=1S/C5H6BFO2S/c1-9-6(8)4-2-3-5(7)10-4/h2-3,8H,1H3. The Labute approximate surface area is 62.4 Å². The van der Waals surface area contributed by atoms with E-state index in [0.29, 0.717) is 4.78 Å². The van der Waals surface area contributed by atoms with Crippen LogP contribution in [0.2, 0.25) is 0 Å². The van der Waals surface area contributed by atoms with Crippen molar-refractivity contribution in [2.45, 2.75) is 0 Å². The fourth-order valence-corrected chi connectivity index (χ4v) is 1.27. The predicted octanol–water partition coefficient (Wildman–Crippen LogP) is 0.221. The monoisotopic (exact) mass is 160 g/mol. The lowest BCUT2D eigenvalue weighted by Gasteiger charge is -1.96. The minimum atomic E-state index is -0.991. The van der Waals surface area contributed by atoms with Gasteiger partial charge in [-0.2, -0.15) is 4.39 Å². The molecule has 1 rings (SSSR count). The number of rotatable bonds is 2. The molecule has 10 heavy (non-hydrogen) atoms. The van der Waals surface area contributed by atoms with E-state index in [1.807, 2.05) is 0 Å². The Bertz CT molecular complexity index is 215. The van der Waals surface area contributed by atoms with Gasteiger partial charge in [0, 0.05) is 11.9 Å². The summed E-state index contributed by atoms with van der Waals surface area (Å²) in [6.45, 7) is 0. The molecule has 0 saturated carbocycles. The molecule has 0 amide bonds. The summed E-state index contributed by atoms with van der Waals surface area (Å²) in [5, 5.41) is 8.65. The molecule has 1 N–H and O–H groups in total. The van der Waals surface area contributed by atoms with Crippen LogP contribution in [0.3, 0.4) is 0 Å². The highest BCUT2D eigenvalue weighted by Crippen LogP contribution is 2.03. The molecule has 0 saturated heterocycles. The average molecular weight is 160 g/mol. The van der Waals surface area contributed by atoms with Crippen molar-refractivity contribution in [3.63, 3.8) is 0 Å². The molecule has 0 radical (unpaired) electrons. The van der Waals surface area contributed by atoms with Crippen LogP contribution < -0.4 is 4.78 Å². The van der Waals surface area contributed by atoms with Gasteiger partial charge in [-0.1, -0.05) is 0 Å². The van der Waals surface area contributed by atoms with Gasteiger partial charge >= 0.3 is 7.12 Å². The van der Waals surface area contributed by atoms with Gasteiger partial charge in [-0.05, 0) is 12.1 Å². The SMILES string of the molecule is COB(O)c1ccc(F)s1. The smallest absolute Gasteiger partial charge is 0.423 e. The summed E-state index contributed by atoms with van der Waals surface area (Å²) >= 11 is 0.879.